The molecule has 0 saturated heterocycles. The smallest absolute Gasteiger partial charge is 0.0851 e. The molecule has 0 bridgehead atoms. The molecule has 0 unspecified atom stereocenters. The van der Waals surface area contributed by atoms with Gasteiger partial charge in [0, 0.05) is 23.0 Å². The van der Waals surface area contributed by atoms with E-state index in [0.29, 0.717) is 5.02 Å². The number of hydrogen-bond acceptors (Lipinski definition) is 2. The van der Waals surface area contributed by atoms with Crippen molar-refractivity contribution in [2.75, 3.05) is 0 Å². The maximum Gasteiger partial charge on any atom is 0.0851 e. The lowest BCUT2D eigenvalue weighted by atomic mass is 9.81. The van der Waals surface area contributed by atoms with E-state index in [1.54, 1.807) is 18.5 Å². The third kappa shape index (κ3) is 1.38. The first-order chi connectivity index (χ1) is 6.78. The standard InChI is InChI=1S/C11H11ClN2/c12-10-3-6-14-7-9(10)11(8-13)4-1-2-5-11/h3,6-7H,1-2,4-5H2. The minimum absolute atomic E-state index is 0.370. The molecule has 0 aliphatic heterocycles. The number of pyridine rings is 1. The van der Waals surface area contributed by atoms with E-state index >= 15 is 0 Å². The van der Waals surface area contributed by atoms with Crippen LogP contribution in [0.4, 0.5) is 0 Å². The molecular formula is C11H11ClN2. The second kappa shape index (κ2) is 3.59. The Kier molecular flexibility index (Phi) is 2.43. The second-order valence-electron chi connectivity index (χ2n) is 3.76. The van der Waals surface area contributed by atoms with Gasteiger partial charge in [-0.25, -0.2) is 0 Å². The zero-order chi connectivity index (χ0) is 10.0. The van der Waals surface area contributed by atoms with Gasteiger partial charge in [0.2, 0.25) is 0 Å². The van der Waals surface area contributed by atoms with Crippen molar-refractivity contribution < 1.29 is 0 Å². The molecule has 1 aromatic rings. The summed E-state index contributed by atoms with van der Waals surface area (Å²) >= 11 is 6.08. The maximum atomic E-state index is 9.26. The molecule has 1 aromatic heterocycles. The van der Waals surface area contributed by atoms with Crippen molar-refractivity contribution in [3.8, 4) is 6.07 Å². The minimum atomic E-state index is -0.370. The van der Waals surface area contributed by atoms with Crippen LogP contribution in [0.15, 0.2) is 18.5 Å². The highest BCUT2D eigenvalue weighted by Crippen LogP contribution is 2.42. The molecule has 0 aromatic carbocycles. The zero-order valence-electron chi connectivity index (χ0n) is 7.83. The molecule has 2 nitrogen and oxygen atoms in total. The van der Waals surface area contributed by atoms with Crippen molar-refractivity contribution in [2.24, 2.45) is 0 Å². The summed E-state index contributed by atoms with van der Waals surface area (Å²) in [5.41, 5.74) is 0.535. The van der Waals surface area contributed by atoms with Gasteiger partial charge < -0.3 is 0 Å². The third-order valence-corrected chi connectivity index (χ3v) is 3.28. The van der Waals surface area contributed by atoms with Crippen molar-refractivity contribution in [1.29, 1.82) is 5.26 Å². The lowest BCUT2D eigenvalue weighted by Gasteiger charge is -2.21. The van der Waals surface area contributed by atoms with Gasteiger partial charge in [0.05, 0.1) is 11.5 Å². The van der Waals surface area contributed by atoms with Gasteiger partial charge >= 0.3 is 0 Å². The molecular weight excluding hydrogens is 196 g/mol. The number of nitriles is 1. The van der Waals surface area contributed by atoms with Gasteiger partial charge in [0.25, 0.3) is 0 Å². The van der Waals surface area contributed by atoms with Crippen LogP contribution in [0.3, 0.4) is 0 Å². The molecule has 72 valence electrons. The van der Waals surface area contributed by atoms with Gasteiger partial charge in [0.1, 0.15) is 0 Å². The predicted octanol–water partition coefficient (Wildman–Crippen LogP) is 3.07. The molecule has 1 fully saturated rings. The van der Waals surface area contributed by atoms with Crippen LogP contribution in [0.2, 0.25) is 5.02 Å². The molecule has 0 radical (unpaired) electrons. The monoisotopic (exact) mass is 206 g/mol. The van der Waals surface area contributed by atoms with E-state index < -0.39 is 0 Å². The van der Waals surface area contributed by atoms with Crippen molar-refractivity contribution in [3.05, 3.63) is 29.0 Å². The SMILES string of the molecule is N#CC1(c2cnccc2Cl)CCCC1. The summed E-state index contributed by atoms with van der Waals surface area (Å²) in [5.74, 6) is 0. The molecule has 1 saturated carbocycles. The molecule has 0 spiro atoms. The van der Waals surface area contributed by atoms with Crippen LogP contribution in [-0.2, 0) is 5.41 Å². The first kappa shape index (κ1) is 9.48. The Morgan fingerprint density at radius 3 is 2.71 bits per heavy atom. The second-order valence-corrected chi connectivity index (χ2v) is 4.16. The lowest BCUT2D eigenvalue weighted by Crippen LogP contribution is -2.19. The topological polar surface area (TPSA) is 36.7 Å². The molecule has 3 heteroatoms. The highest BCUT2D eigenvalue weighted by Gasteiger charge is 2.37. The lowest BCUT2D eigenvalue weighted by molar-refractivity contribution is 0.571. The molecule has 0 atom stereocenters. The average molecular weight is 207 g/mol. The fourth-order valence-corrected chi connectivity index (χ4v) is 2.44. The van der Waals surface area contributed by atoms with E-state index in [1.165, 1.54) is 0 Å². The summed E-state index contributed by atoms with van der Waals surface area (Å²) in [6.07, 6.45) is 7.43. The molecule has 1 aliphatic carbocycles. The molecule has 0 amide bonds. The maximum absolute atomic E-state index is 9.26. The van der Waals surface area contributed by atoms with Gasteiger partial charge in [-0.15, -0.1) is 0 Å². The molecule has 1 heterocycles. The molecule has 14 heavy (non-hydrogen) atoms. The first-order valence-electron chi connectivity index (χ1n) is 4.80. The fourth-order valence-electron chi connectivity index (χ4n) is 2.15. The van der Waals surface area contributed by atoms with Crippen LogP contribution in [-0.4, -0.2) is 4.98 Å². The largest absolute Gasteiger partial charge is 0.264 e. The summed E-state index contributed by atoms with van der Waals surface area (Å²) in [7, 11) is 0. The number of halogens is 1. The van der Waals surface area contributed by atoms with Crippen molar-refractivity contribution in [1.82, 2.24) is 4.98 Å². The summed E-state index contributed by atoms with van der Waals surface area (Å²) < 4.78 is 0. The van der Waals surface area contributed by atoms with Crippen LogP contribution in [0.1, 0.15) is 31.2 Å². The Bertz CT molecular complexity index is 375. The fraction of sp³-hybridized carbons (Fsp3) is 0.455. The quantitative estimate of drug-likeness (QED) is 0.708. The first-order valence-corrected chi connectivity index (χ1v) is 5.17. The highest BCUT2D eigenvalue weighted by molar-refractivity contribution is 6.31. The Morgan fingerprint density at radius 1 is 1.43 bits per heavy atom. The molecule has 0 N–H and O–H groups in total. The summed E-state index contributed by atoms with van der Waals surface area (Å²) in [4.78, 5) is 4.05. The van der Waals surface area contributed by atoms with Crippen LogP contribution in [0, 0.1) is 11.3 Å². The van der Waals surface area contributed by atoms with Gasteiger partial charge in [-0.3, -0.25) is 4.98 Å². The number of aromatic nitrogens is 1. The molecule has 2 rings (SSSR count). The van der Waals surface area contributed by atoms with E-state index in [1.807, 2.05) is 0 Å². The third-order valence-electron chi connectivity index (χ3n) is 2.95. The summed E-state index contributed by atoms with van der Waals surface area (Å²) in [6, 6.07) is 4.17. The number of rotatable bonds is 1. The van der Waals surface area contributed by atoms with Crippen molar-refractivity contribution in [3.63, 3.8) is 0 Å². The summed E-state index contributed by atoms with van der Waals surface area (Å²) in [6.45, 7) is 0. The Labute approximate surface area is 88.5 Å². The van der Waals surface area contributed by atoms with E-state index in [-0.39, 0.29) is 5.41 Å². The normalized spacial score (nSPS) is 19.1. The Hall–Kier alpha value is -1.07. The van der Waals surface area contributed by atoms with E-state index in [4.69, 9.17) is 11.6 Å². The van der Waals surface area contributed by atoms with Gasteiger partial charge in [0.15, 0.2) is 0 Å². The van der Waals surface area contributed by atoms with Gasteiger partial charge in [-0.1, -0.05) is 24.4 Å². The molecule has 1 aliphatic rings. The Balaban J connectivity index is 2.47. The van der Waals surface area contributed by atoms with Gasteiger partial charge in [-0.05, 0) is 18.9 Å². The van der Waals surface area contributed by atoms with Crippen molar-refractivity contribution in [2.45, 2.75) is 31.1 Å². The van der Waals surface area contributed by atoms with E-state index in [9.17, 15) is 5.26 Å². The Morgan fingerprint density at radius 2 is 2.14 bits per heavy atom. The predicted molar refractivity (Wildman–Crippen MR) is 55.0 cm³/mol. The van der Waals surface area contributed by atoms with Crippen LogP contribution in [0.5, 0.6) is 0 Å². The zero-order valence-corrected chi connectivity index (χ0v) is 8.59. The van der Waals surface area contributed by atoms with Crippen LogP contribution >= 0.6 is 11.6 Å². The van der Waals surface area contributed by atoms with E-state index in [2.05, 4.69) is 11.1 Å². The van der Waals surface area contributed by atoms with Gasteiger partial charge in [-0.2, -0.15) is 5.26 Å². The van der Waals surface area contributed by atoms with Crippen molar-refractivity contribution >= 4 is 11.6 Å². The summed E-state index contributed by atoms with van der Waals surface area (Å²) in [5, 5.41) is 9.93. The number of hydrogen-bond donors (Lipinski definition) is 0. The minimum Gasteiger partial charge on any atom is -0.264 e. The van der Waals surface area contributed by atoms with Crippen LogP contribution < -0.4 is 0 Å². The average Bonchev–Trinajstić information content (AvgIpc) is 2.68. The highest BCUT2D eigenvalue weighted by atomic mass is 35.5. The van der Waals surface area contributed by atoms with Crippen LogP contribution in [0.25, 0.3) is 0 Å². The number of nitrogens with zero attached hydrogens (tertiary/aromatic N) is 2. The van der Waals surface area contributed by atoms with E-state index in [0.717, 1.165) is 31.2 Å².